The van der Waals surface area contributed by atoms with Crippen LogP contribution in [0.2, 0.25) is 0 Å². The summed E-state index contributed by atoms with van der Waals surface area (Å²) in [6.07, 6.45) is 22.6. The van der Waals surface area contributed by atoms with Crippen LogP contribution in [0.5, 0.6) is 0 Å². The molecule has 192 valence electrons. The van der Waals surface area contributed by atoms with Crippen LogP contribution in [0, 0.1) is 0 Å². The highest BCUT2D eigenvalue weighted by molar-refractivity contribution is 7.98. The number of para-hydroxylation sites is 2. The van der Waals surface area contributed by atoms with Gasteiger partial charge in [-0.15, -0.1) is 11.8 Å². The molecule has 0 fully saturated rings. The topological polar surface area (TPSA) is 17.8 Å². The van der Waals surface area contributed by atoms with Crippen molar-refractivity contribution in [3.05, 3.63) is 60.4 Å². The van der Waals surface area contributed by atoms with E-state index in [1.807, 2.05) is 11.8 Å². The summed E-state index contributed by atoms with van der Waals surface area (Å²) in [6.45, 7) is 3.38. The van der Waals surface area contributed by atoms with Gasteiger partial charge in [-0.25, -0.2) is 4.98 Å². The highest BCUT2D eigenvalue weighted by atomic mass is 32.2. The predicted molar refractivity (Wildman–Crippen MR) is 155 cm³/mol. The Morgan fingerprint density at radius 1 is 0.600 bits per heavy atom. The largest absolute Gasteiger partial charge is 0.327 e. The van der Waals surface area contributed by atoms with Gasteiger partial charge >= 0.3 is 0 Å². The van der Waals surface area contributed by atoms with Crippen LogP contribution in [0.1, 0.15) is 115 Å². The number of benzene rings is 2. The standard InChI is InChI=1S/C32H48N2S/c1-2-3-4-5-6-7-8-9-10-11-12-13-14-15-16-22-27-34-31-26-21-20-25-30(31)33-32(34)28-35-29-23-18-17-19-24-29/h17-21,23-26H,2-16,22,27-28H2,1H3. The van der Waals surface area contributed by atoms with Crippen molar-refractivity contribution in [2.24, 2.45) is 0 Å². The van der Waals surface area contributed by atoms with Crippen LogP contribution in [-0.2, 0) is 12.3 Å². The van der Waals surface area contributed by atoms with Crippen molar-refractivity contribution in [2.45, 2.75) is 127 Å². The summed E-state index contributed by atoms with van der Waals surface area (Å²) in [7, 11) is 0. The zero-order chi connectivity index (χ0) is 24.4. The average Bonchev–Trinajstić information content (AvgIpc) is 3.25. The highest BCUT2D eigenvalue weighted by Crippen LogP contribution is 2.25. The molecule has 0 radical (unpaired) electrons. The molecular weight excluding hydrogens is 444 g/mol. The van der Waals surface area contributed by atoms with E-state index in [1.54, 1.807) is 0 Å². The second-order valence-corrected chi connectivity index (χ2v) is 11.1. The number of thioether (sulfide) groups is 1. The molecule has 0 unspecified atom stereocenters. The molecule has 3 heteroatoms. The molecule has 0 aliphatic heterocycles. The number of imidazole rings is 1. The maximum Gasteiger partial charge on any atom is 0.120 e. The number of unbranched alkanes of at least 4 members (excludes halogenated alkanes) is 15. The first-order valence-electron chi connectivity index (χ1n) is 14.5. The van der Waals surface area contributed by atoms with Gasteiger partial charge in [0.1, 0.15) is 5.82 Å². The monoisotopic (exact) mass is 492 g/mol. The lowest BCUT2D eigenvalue weighted by atomic mass is 10.0. The molecule has 0 aliphatic rings. The first kappa shape index (κ1) is 27.8. The zero-order valence-corrected chi connectivity index (χ0v) is 23.0. The Hall–Kier alpha value is -1.74. The first-order valence-corrected chi connectivity index (χ1v) is 15.5. The van der Waals surface area contributed by atoms with Crippen LogP contribution in [0.4, 0.5) is 0 Å². The fourth-order valence-electron chi connectivity index (χ4n) is 4.97. The van der Waals surface area contributed by atoms with Crippen LogP contribution in [0.3, 0.4) is 0 Å². The first-order chi connectivity index (χ1) is 17.4. The number of nitrogens with zero attached hydrogens (tertiary/aromatic N) is 2. The highest BCUT2D eigenvalue weighted by Gasteiger charge is 2.10. The normalized spacial score (nSPS) is 11.5. The summed E-state index contributed by atoms with van der Waals surface area (Å²) in [5.74, 6) is 2.14. The Morgan fingerprint density at radius 3 is 1.71 bits per heavy atom. The molecule has 0 N–H and O–H groups in total. The Labute approximate surface area is 219 Å². The number of fused-ring (bicyclic) bond motifs is 1. The van der Waals surface area contributed by atoms with Crippen molar-refractivity contribution in [3.63, 3.8) is 0 Å². The second-order valence-electron chi connectivity index (χ2n) is 10.1. The smallest absolute Gasteiger partial charge is 0.120 e. The molecular formula is C32H48N2S. The Morgan fingerprint density at radius 2 is 1.11 bits per heavy atom. The molecule has 0 aliphatic carbocycles. The fourth-order valence-corrected chi connectivity index (χ4v) is 5.83. The molecule has 0 saturated heterocycles. The van der Waals surface area contributed by atoms with E-state index >= 15 is 0 Å². The molecule has 0 atom stereocenters. The molecule has 1 aromatic heterocycles. The van der Waals surface area contributed by atoms with E-state index in [2.05, 4.69) is 66.1 Å². The Balaban J connectivity index is 1.25. The molecule has 3 aromatic rings. The third-order valence-electron chi connectivity index (χ3n) is 7.08. The third-order valence-corrected chi connectivity index (χ3v) is 8.09. The minimum absolute atomic E-state index is 0.928. The van der Waals surface area contributed by atoms with E-state index in [4.69, 9.17) is 4.98 Å². The van der Waals surface area contributed by atoms with E-state index in [-0.39, 0.29) is 0 Å². The van der Waals surface area contributed by atoms with E-state index in [0.29, 0.717) is 0 Å². The van der Waals surface area contributed by atoms with Gasteiger partial charge in [0.15, 0.2) is 0 Å². The minimum atomic E-state index is 0.928. The number of hydrogen-bond acceptors (Lipinski definition) is 2. The lowest BCUT2D eigenvalue weighted by molar-refractivity contribution is 0.521. The third kappa shape index (κ3) is 10.8. The lowest BCUT2D eigenvalue weighted by Gasteiger charge is -2.09. The van der Waals surface area contributed by atoms with E-state index < -0.39 is 0 Å². The van der Waals surface area contributed by atoms with Gasteiger partial charge in [0.05, 0.1) is 16.8 Å². The molecule has 3 rings (SSSR count). The van der Waals surface area contributed by atoms with E-state index in [9.17, 15) is 0 Å². The maximum atomic E-state index is 4.96. The van der Waals surface area contributed by atoms with Crippen molar-refractivity contribution in [3.8, 4) is 0 Å². The molecule has 0 spiro atoms. The minimum Gasteiger partial charge on any atom is -0.327 e. The van der Waals surface area contributed by atoms with Crippen molar-refractivity contribution in [1.29, 1.82) is 0 Å². The molecule has 0 amide bonds. The van der Waals surface area contributed by atoms with E-state index in [0.717, 1.165) is 17.8 Å². The summed E-state index contributed by atoms with van der Waals surface area (Å²) in [5.41, 5.74) is 2.42. The summed E-state index contributed by atoms with van der Waals surface area (Å²) in [4.78, 5) is 6.28. The van der Waals surface area contributed by atoms with Gasteiger partial charge in [-0.05, 0) is 30.7 Å². The summed E-state index contributed by atoms with van der Waals surface area (Å²) >= 11 is 1.88. The van der Waals surface area contributed by atoms with Crippen LogP contribution in [0.15, 0.2) is 59.5 Å². The molecule has 0 saturated carbocycles. The number of hydrogen-bond donors (Lipinski definition) is 0. The van der Waals surface area contributed by atoms with Gasteiger partial charge in [-0.1, -0.05) is 134 Å². The van der Waals surface area contributed by atoms with Crippen molar-refractivity contribution < 1.29 is 0 Å². The van der Waals surface area contributed by atoms with Crippen LogP contribution in [0.25, 0.3) is 11.0 Å². The van der Waals surface area contributed by atoms with Crippen molar-refractivity contribution >= 4 is 22.8 Å². The van der Waals surface area contributed by atoms with E-state index in [1.165, 1.54) is 119 Å². The van der Waals surface area contributed by atoms with Crippen LogP contribution < -0.4 is 0 Å². The molecule has 1 heterocycles. The quantitative estimate of drug-likeness (QED) is 0.115. The predicted octanol–water partition coefficient (Wildman–Crippen LogP) is 10.6. The summed E-state index contributed by atoms with van der Waals surface area (Å²) in [5, 5.41) is 0. The number of aryl methyl sites for hydroxylation is 1. The van der Waals surface area contributed by atoms with Gasteiger partial charge in [0, 0.05) is 11.4 Å². The van der Waals surface area contributed by atoms with Gasteiger partial charge in [-0.3, -0.25) is 0 Å². The zero-order valence-electron chi connectivity index (χ0n) is 22.2. The Bertz CT molecular complexity index is 918. The molecule has 0 bridgehead atoms. The van der Waals surface area contributed by atoms with Gasteiger partial charge in [-0.2, -0.15) is 0 Å². The SMILES string of the molecule is CCCCCCCCCCCCCCCCCCn1c(CSc2ccccc2)nc2ccccc21. The number of rotatable bonds is 20. The average molecular weight is 493 g/mol. The molecule has 2 nitrogen and oxygen atoms in total. The van der Waals surface area contributed by atoms with Gasteiger partial charge < -0.3 is 4.57 Å². The van der Waals surface area contributed by atoms with Gasteiger partial charge in [0.2, 0.25) is 0 Å². The Kier molecular flexibility index (Phi) is 14.0. The summed E-state index contributed by atoms with van der Waals surface area (Å²) < 4.78 is 2.47. The lowest BCUT2D eigenvalue weighted by Crippen LogP contribution is -2.03. The second kappa shape index (κ2) is 17.7. The summed E-state index contributed by atoms with van der Waals surface area (Å²) in [6, 6.07) is 19.3. The fraction of sp³-hybridized carbons (Fsp3) is 0.594. The van der Waals surface area contributed by atoms with Crippen molar-refractivity contribution in [1.82, 2.24) is 9.55 Å². The van der Waals surface area contributed by atoms with Crippen molar-refractivity contribution in [2.75, 3.05) is 0 Å². The molecule has 35 heavy (non-hydrogen) atoms. The molecule has 2 aromatic carbocycles. The van der Waals surface area contributed by atoms with Crippen LogP contribution >= 0.6 is 11.8 Å². The van der Waals surface area contributed by atoms with Crippen LogP contribution in [-0.4, -0.2) is 9.55 Å². The number of aromatic nitrogens is 2. The maximum absolute atomic E-state index is 4.96. The van der Waals surface area contributed by atoms with Gasteiger partial charge in [0.25, 0.3) is 0 Å².